The molecule has 0 heterocycles. The molecule has 0 bridgehead atoms. The van der Waals surface area contributed by atoms with Gasteiger partial charge in [-0.1, -0.05) is 121 Å². The van der Waals surface area contributed by atoms with Gasteiger partial charge in [-0.05, 0) is 46.3 Å². The van der Waals surface area contributed by atoms with Crippen molar-refractivity contribution in [2.75, 3.05) is 6.61 Å². The van der Waals surface area contributed by atoms with Gasteiger partial charge in [0.25, 0.3) is 0 Å². The summed E-state index contributed by atoms with van der Waals surface area (Å²) in [6, 6.07) is 23.2. The molecule has 0 amide bonds. The molecule has 1 aliphatic rings. The number of carbonyl (C=O) groups is 1. The molecule has 3 atom stereocenters. The van der Waals surface area contributed by atoms with E-state index in [9.17, 15) is 4.79 Å². The van der Waals surface area contributed by atoms with E-state index < -0.39 is 0 Å². The first-order valence-corrected chi connectivity index (χ1v) is 13.5. The zero-order valence-corrected chi connectivity index (χ0v) is 23.7. The molecular weight excluding hydrogens is 456 g/mol. The smallest absolute Gasteiger partial charge is 0.315 e. The van der Waals surface area contributed by atoms with Crippen LogP contribution in [0, 0.1) is 24.7 Å². The average Bonchev–Trinajstić information content (AvgIpc) is 3.48. The standard InChI is InChI=1S/C34H42O3/c1-22-18-28(33(3,4)5)31(29(19-22)34(6,7)8)37-32(35)30-23(2)27(30)21-36-20-24-14-16-26(17-15-24)25-12-10-9-11-13-25/h9-19,23,27,30H,20-21H2,1-8H3. The molecule has 3 aromatic rings. The molecule has 0 N–H and O–H groups in total. The predicted molar refractivity (Wildman–Crippen MR) is 152 cm³/mol. The molecule has 196 valence electrons. The fourth-order valence-corrected chi connectivity index (χ4v) is 5.09. The lowest BCUT2D eigenvalue weighted by Gasteiger charge is -2.30. The summed E-state index contributed by atoms with van der Waals surface area (Å²) in [5, 5.41) is 0. The molecule has 0 spiro atoms. The van der Waals surface area contributed by atoms with Gasteiger partial charge in [0.05, 0.1) is 19.1 Å². The zero-order valence-electron chi connectivity index (χ0n) is 23.7. The highest BCUT2D eigenvalue weighted by Gasteiger charge is 2.53. The second-order valence-corrected chi connectivity index (χ2v) is 12.7. The van der Waals surface area contributed by atoms with Gasteiger partial charge in [-0.2, -0.15) is 0 Å². The van der Waals surface area contributed by atoms with Crippen molar-refractivity contribution in [1.82, 2.24) is 0 Å². The van der Waals surface area contributed by atoms with Gasteiger partial charge < -0.3 is 9.47 Å². The Morgan fingerprint density at radius 1 is 0.811 bits per heavy atom. The molecule has 3 unspecified atom stereocenters. The largest absolute Gasteiger partial charge is 0.426 e. The van der Waals surface area contributed by atoms with Gasteiger partial charge >= 0.3 is 5.97 Å². The fourth-order valence-electron chi connectivity index (χ4n) is 5.09. The van der Waals surface area contributed by atoms with Crippen LogP contribution in [0.25, 0.3) is 11.1 Å². The molecule has 3 nitrogen and oxygen atoms in total. The van der Waals surface area contributed by atoms with Crippen LogP contribution in [0.3, 0.4) is 0 Å². The van der Waals surface area contributed by atoms with Crippen LogP contribution in [0.1, 0.15) is 70.7 Å². The van der Waals surface area contributed by atoms with E-state index >= 15 is 0 Å². The summed E-state index contributed by atoms with van der Waals surface area (Å²) in [5.41, 5.74) is 6.65. The minimum Gasteiger partial charge on any atom is -0.426 e. The Morgan fingerprint density at radius 3 is 1.89 bits per heavy atom. The lowest BCUT2D eigenvalue weighted by atomic mass is 9.78. The number of rotatable bonds is 7. The Bertz CT molecular complexity index is 1190. The van der Waals surface area contributed by atoms with Crippen LogP contribution in [0.4, 0.5) is 0 Å². The first-order valence-electron chi connectivity index (χ1n) is 13.5. The van der Waals surface area contributed by atoms with E-state index in [2.05, 4.69) is 116 Å². The predicted octanol–water partition coefficient (Wildman–Crippen LogP) is 8.26. The summed E-state index contributed by atoms with van der Waals surface area (Å²) < 4.78 is 12.3. The number of esters is 1. The molecule has 0 saturated heterocycles. The molecule has 0 radical (unpaired) electrons. The molecule has 37 heavy (non-hydrogen) atoms. The molecule has 0 aliphatic heterocycles. The Labute approximate surface area is 223 Å². The summed E-state index contributed by atoms with van der Waals surface area (Å²) in [7, 11) is 0. The minimum atomic E-state index is -0.131. The lowest BCUT2D eigenvalue weighted by molar-refractivity contribution is -0.136. The normalized spacial score (nSPS) is 19.5. The minimum absolute atomic E-state index is 0.123. The van der Waals surface area contributed by atoms with E-state index in [1.165, 1.54) is 16.7 Å². The van der Waals surface area contributed by atoms with Crippen molar-refractivity contribution < 1.29 is 14.3 Å². The van der Waals surface area contributed by atoms with Crippen LogP contribution in [0.5, 0.6) is 5.75 Å². The van der Waals surface area contributed by atoms with E-state index in [0.29, 0.717) is 13.2 Å². The highest BCUT2D eigenvalue weighted by atomic mass is 16.5. The molecule has 4 rings (SSSR count). The van der Waals surface area contributed by atoms with Gasteiger partial charge in [-0.25, -0.2) is 0 Å². The van der Waals surface area contributed by atoms with Gasteiger partial charge in [0.15, 0.2) is 0 Å². The maximum Gasteiger partial charge on any atom is 0.315 e. The molecule has 0 aromatic heterocycles. The Morgan fingerprint density at radius 2 is 1.35 bits per heavy atom. The number of hydrogen-bond donors (Lipinski definition) is 0. The van der Waals surface area contributed by atoms with Crippen LogP contribution in [-0.2, 0) is 27.0 Å². The summed E-state index contributed by atoms with van der Waals surface area (Å²) in [4.78, 5) is 13.4. The Hall–Kier alpha value is -2.91. The third kappa shape index (κ3) is 6.33. The van der Waals surface area contributed by atoms with Crippen molar-refractivity contribution in [3.05, 3.63) is 89.0 Å². The summed E-state index contributed by atoms with van der Waals surface area (Å²) >= 11 is 0. The van der Waals surface area contributed by atoms with Crippen LogP contribution in [0.15, 0.2) is 66.7 Å². The van der Waals surface area contributed by atoms with Gasteiger partial charge in [-0.3, -0.25) is 4.79 Å². The SMILES string of the molecule is Cc1cc(C(C)(C)C)c(OC(=O)C2C(C)C2COCc2ccc(-c3ccccc3)cc2)c(C(C)(C)C)c1. The highest BCUT2D eigenvalue weighted by molar-refractivity contribution is 5.80. The second-order valence-electron chi connectivity index (χ2n) is 12.7. The zero-order chi connectivity index (χ0) is 27.0. The van der Waals surface area contributed by atoms with Crippen molar-refractivity contribution in [2.45, 2.75) is 72.8 Å². The third-order valence-corrected chi connectivity index (χ3v) is 7.53. The molecule has 1 fully saturated rings. The van der Waals surface area contributed by atoms with Gasteiger partial charge in [0.1, 0.15) is 5.75 Å². The number of benzene rings is 3. The molecular formula is C34H42O3. The molecule has 3 aromatic carbocycles. The van der Waals surface area contributed by atoms with Gasteiger partial charge in [0.2, 0.25) is 0 Å². The van der Waals surface area contributed by atoms with Crippen LogP contribution in [0.2, 0.25) is 0 Å². The van der Waals surface area contributed by atoms with Crippen molar-refractivity contribution in [2.24, 2.45) is 17.8 Å². The van der Waals surface area contributed by atoms with E-state index in [1.54, 1.807) is 0 Å². The first kappa shape index (κ1) is 27.1. The molecule has 1 aliphatic carbocycles. The molecule has 3 heteroatoms. The first-order chi connectivity index (χ1) is 17.4. The van der Waals surface area contributed by atoms with Crippen LogP contribution in [-0.4, -0.2) is 12.6 Å². The summed E-state index contributed by atoms with van der Waals surface area (Å²) in [6.45, 7) is 18.4. The van der Waals surface area contributed by atoms with E-state index in [0.717, 1.165) is 22.4 Å². The third-order valence-electron chi connectivity index (χ3n) is 7.53. The van der Waals surface area contributed by atoms with Gasteiger partial charge in [0, 0.05) is 11.1 Å². The summed E-state index contributed by atoms with van der Waals surface area (Å²) in [5.74, 6) is 0.940. The van der Waals surface area contributed by atoms with E-state index in [4.69, 9.17) is 9.47 Å². The Balaban J connectivity index is 1.39. The van der Waals surface area contributed by atoms with Gasteiger partial charge in [-0.15, -0.1) is 0 Å². The Kier molecular flexibility index (Phi) is 7.67. The average molecular weight is 499 g/mol. The van der Waals surface area contributed by atoms with E-state index in [1.807, 2.05) is 6.07 Å². The van der Waals surface area contributed by atoms with Crippen molar-refractivity contribution in [1.29, 1.82) is 0 Å². The number of ether oxygens (including phenoxy) is 2. The second kappa shape index (κ2) is 10.5. The monoisotopic (exact) mass is 498 g/mol. The number of hydrogen-bond acceptors (Lipinski definition) is 3. The number of aryl methyl sites for hydroxylation is 1. The van der Waals surface area contributed by atoms with Crippen LogP contribution < -0.4 is 4.74 Å². The maximum absolute atomic E-state index is 13.4. The van der Waals surface area contributed by atoms with E-state index in [-0.39, 0.29) is 34.6 Å². The van der Waals surface area contributed by atoms with Crippen LogP contribution >= 0.6 is 0 Å². The fraction of sp³-hybridized carbons (Fsp3) is 0.441. The van der Waals surface area contributed by atoms with Crippen molar-refractivity contribution >= 4 is 5.97 Å². The maximum atomic E-state index is 13.4. The topological polar surface area (TPSA) is 35.5 Å². The summed E-state index contributed by atoms with van der Waals surface area (Å²) in [6.07, 6.45) is 0. The quantitative estimate of drug-likeness (QED) is 0.243. The lowest BCUT2D eigenvalue weighted by Crippen LogP contribution is -2.23. The number of carbonyl (C=O) groups excluding carboxylic acids is 1. The molecule has 1 saturated carbocycles. The highest BCUT2D eigenvalue weighted by Crippen LogP contribution is 2.48. The van der Waals surface area contributed by atoms with Crippen molar-refractivity contribution in [3.63, 3.8) is 0 Å². The van der Waals surface area contributed by atoms with Crippen molar-refractivity contribution in [3.8, 4) is 16.9 Å².